The predicted molar refractivity (Wildman–Crippen MR) is 93.4 cm³/mol. The molecule has 0 spiro atoms. The predicted octanol–water partition coefficient (Wildman–Crippen LogP) is 2.37. The minimum Gasteiger partial charge on any atom is -0.491 e. The average Bonchev–Trinajstić information content (AvgIpc) is 3.09. The summed E-state index contributed by atoms with van der Waals surface area (Å²) in [7, 11) is 0. The fraction of sp³-hybridized carbons (Fsp3) is 0.588. The van der Waals surface area contributed by atoms with Crippen LogP contribution in [-0.4, -0.2) is 43.4 Å². The van der Waals surface area contributed by atoms with E-state index in [0.29, 0.717) is 12.3 Å². The normalized spacial score (nSPS) is 18.1. The molecule has 0 bridgehead atoms. The van der Waals surface area contributed by atoms with Gasteiger partial charge in [-0.2, -0.15) is 13.2 Å². The third kappa shape index (κ3) is 7.80. The second-order valence-electron chi connectivity index (χ2n) is 6.19. The van der Waals surface area contributed by atoms with Crippen LogP contribution in [-0.2, 0) is 11.0 Å². The molecule has 0 saturated carbocycles. The molecule has 1 aromatic carbocycles. The van der Waals surface area contributed by atoms with Crippen LogP contribution < -0.4 is 15.4 Å². The van der Waals surface area contributed by atoms with Crippen LogP contribution in [0.5, 0.6) is 5.75 Å². The summed E-state index contributed by atoms with van der Waals surface area (Å²) in [4.78, 5) is 11.7. The number of carbonyl (C=O) groups is 1. The van der Waals surface area contributed by atoms with E-state index in [1.165, 1.54) is 12.1 Å². The Bertz CT molecular complexity index is 566. The SMILES string of the molecule is Cl.O=C(CCC1CCNC1)NCC(O)COc1cccc(C(F)(F)F)c1. The van der Waals surface area contributed by atoms with E-state index in [0.717, 1.165) is 38.1 Å². The maximum atomic E-state index is 12.6. The molecule has 1 fully saturated rings. The molecule has 26 heavy (non-hydrogen) atoms. The summed E-state index contributed by atoms with van der Waals surface area (Å²) in [6.45, 7) is 1.72. The van der Waals surface area contributed by atoms with Crippen LogP contribution in [0.4, 0.5) is 13.2 Å². The number of aliphatic hydroxyl groups is 1. The van der Waals surface area contributed by atoms with E-state index in [2.05, 4.69) is 10.6 Å². The molecule has 5 nitrogen and oxygen atoms in total. The van der Waals surface area contributed by atoms with Gasteiger partial charge in [0.1, 0.15) is 18.5 Å². The molecule has 2 unspecified atom stereocenters. The summed E-state index contributed by atoms with van der Waals surface area (Å²) in [5, 5.41) is 15.6. The molecule has 1 saturated heterocycles. The number of hydrogen-bond acceptors (Lipinski definition) is 4. The van der Waals surface area contributed by atoms with Gasteiger partial charge in [0.25, 0.3) is 0 Å². The first-order valence-electron chi connectivity index (χ1n) is 8.30. The monoisotopic (exact) mass is 396 g/mol. The molecule has 1 heterocycles. The highest BCUT2D eigenvalue weighted by Gasteiger charge is 2.30. The van der Waals surface area contributed by atoms with Crippen molar-refractivity contribution in [1.29, 1.82) is 0 Å². The summed E-state index contributed by atoms with van der Waals surface area (Å²) in [6, 6.07) is 4.45. The van der Waals surface area contributed by atoms with Gasteiger partial charge in [0.05, 0.1) is 5.56 Å². The molecule has 1 aliphatic heterocycles. The van der Waals surface area contributed by atoms with E-state index in [1.807, 2.05) is 0 Å². The molecule has 0 aliphatic carbocycles. The number of ether oxygens (including phenoxy) is 1. The highest BCUT2D eigenvalue weighted by atomic mass is 35.5. The molecule has 1 aliphatic rings. The number of aliphatic hydroxyl groups excluding tert-OH is 1. The standard InChI is InChI=1S/C17H23F3N2O3.ClH/c18-17(19,20)13-2-1-3-15(8-13)25-11-14(23)10-22-16(24)5-4-12-6-7-21-9-12;/h1-3,8,12,14,21,23H,4-7,9-11H2,(H,22,24);1H. The Morgan fingerprint density at radius 3 is 2.85 bits per heavy atom. The maximum absolute atomic E-state index is 12.6. The number of halogens is 4. The van der Waals surface area contributed by atoms with Crippen LogP contribution in [0, 0.1) is 5.92 Å². The summed E-state index contributed by atoms with van der Waals surface area (Å²) in [6.07, 6.45) is -3.17. The van der Waals surface area contributed by atoms with Crippen molar-refractivity contribution in [3.63, 3.8) is 0 Å². The zero-order valence-electron chi connectivity index (χ0n) is 14.2. The van der Waals surface area contributed by atoms with Crippen molar-refractivity contribution in [2.45, 2.75) is 31.5 Å². The van der Waals surface area contributed by atoms with E-state index >= 15 is 0 Å². The Morgan fingerprint density at radius 2 is 2.19 bits per heavy atom. The molecule has 3 N–H and O–H groups in total. The average molecular weight is 397 g/mol. The molecule has 9 heteroatoms. The van der Waals surface area contributed by atoms with Crippen LogP contribution in [0.25, 0.3) is 0 Å². The fourth-order valence-corrected chi connectivity index (χ4v) is 2.63. The topological polar surface area (TPSA) is 70.6 Å². The first kappa shape index (κ1) is 22.5. The van der Waals surface area contributed by atoms with Gasteiger partial charge in [0.15, 0.2) is 0 Å². The largest absolute Gasteiger partial charge is 0.491 e. The molecule has 0 radical (unpaired) electrons. The summed E-state index contributed by atoms with van der Waals surface area (Å²) in [5.41, 5.74) is -0.811. The highest BCUT2D eigenvalue weighted by Crippen LogP contribution is 2.31. The highest BCUT2D eigenvalue weighted by molar-refractivity contribution is 5.85. The lowest BCUT2D eigenvalue weighted by atomic mass is 10.0. The van der Waals surface area contributed by atoms with E-state index < -0.39 is 17.8 Å². The van der Waals surface area contributed by atoms with Crippen molar-refractivity contribution in [3.8, 4) is 5.75 Å². The van der Waals surface area contributed by atoms with E-state index in [4.69, 9.17) is 4.74 Å². The van der Waals surface area contributed by atoms with Gasteiger partial charge < -0.3 is 20.5 Å². The number of alkyl halides is 3. The van der Waals surface area contributed by atoms with Gasteiger partial charge >= 0.3 is 6.18 Å². The third-order valence-electron chi connectivity index (χ3n) is 4.08. The Morgan fingerprint density at radius 1 is 1.42 bits per heavy atom. The van der Waals surface area contributed by atoms with Gasteiger partial charge in [-0.15, -0.1) is 12.4 Å². The van der Waals surface area contributed by atoms with Gasteiger partial charge in [-0.3, -0.25) is 4.79 Å². The van der Waals surface area contributed by atoms with E-state index in [1.54, 1.807) is 0 Å². The Kier molecular flexibility index (Phi) is 9.18. The van der Waals surface area contributed by atoms with Gasteiger partial charge in [0, 0.05) is 13.0 Å². The Labute approximate surface area is 156 Å². The fourth-order valence-electron chi connectivity index (χ4n) is 2.63. The number of carbonyl (C=O) groups excluding carboxylic acids is 1. The number of nitrogens with one attached hydrogen (secondary N) is 2. The quantitative estimate of drug-likeness (QED) is 0.631. The number of amides is 1. The van der Waals surface area contributed by atoms with Crippen molar-refractivity contribution < 1.29 is 27.8 Å². The van der Waals surface area contributed by atoms with Gasteiger partial charge in [-0.05, 0) is 50.0 Å². The van der Waals surface area contributed by atoms with Crippen LogP contribution in [0.3, 0.4) is 0 Å². The first-order chi connectivity index (χ1) is 11.8. The second kappa shape index (κ2) is 10.6. The van der Waals surface area contributed by atoms with Gasteiger partial charge in [-0.1, -0.05) is 6.07 Å². The van der Waals surface area contributed by atoms with Crippen LogP contribution in [0.15, 0.2) is 24.3 Å². The molecular weight excluding hydrogens is 373 g/mol. The molecule has 2 atom stereocenters. The van der Waals surface area contributed by atoms with Crippen molar-refractivity contribution in [3.05, 3.63) is 29.8 Å². The van der Waals surface area contributed by atoms with E-state index in [-0.39, 0.29) is 37.2 Å². The van der Waals surface area contributed by atoms with Crippen molar-refractivity contribution in [2.24, 2.45) is 5.92 Å². The van der Waals surface area contributed by atoms with Gasteiger partial charge in [0.2, 0.25) is 5.91 Å². The lowest BCUT2D eigenvalue weighted by molar-refractivity contribution is -0.137. The lowest BCUT2D eigenvalue weighted by Crippen LogP contribution is -2.35. The Balaban J connectivity index is 0.00000338. The summed E-state index contributed by atoms with van der Waals surface area (Å²) >= 11 is 0. The van der Waals surface area contributed by atoms with Crippen molar-refractivity contribution >= 4 is 18.3 Å². The summed E-state index contributed by atoms with van der Waals surface area (Å²) in [5.74, 6) is 0.388. The third-order valence-corrected chi connectivity index (χ3v) is 4.08. The van der Waals surface area contributed by atoms with E-state index in [9.17, 15) is 23.1 Å². The molecular formula is C17H24ClF3N2O3. The summed E-state index contributed by atoms with van der Waals surface area (Å²) < 4.78 is 43.0. The van der Waals surface area contributed by atoms with Crippen LogP contribution in [0.1, 0.15) is 24.8 Å². The lowest BCUT2D eigenvalue weighted by Gasteiger charge is -2.15. The molecule has 1 aromatic rings. The first-order valence-corrected chi connectivity index (χ1v) is 8.30. The maximum Gasteiger partial charge on any atom is 0.416 e. The molecule has 2 rings (SSSR count). The van der Waals surface area contributed by atoms with Crippen LogP contribution >= 0.6 is 12.4 Å². The number of benzene rings is 1. The van der Waals surface area contributed by atoms with Crippen molar-refractivity contribution in [2.75, 3.05) is 26.2 Å². The molecule has 148 valence electrons. The second-order valence-corrected chi connectivity index (χ2v) is 6.19. The Hall–Kier alpha value is -1.51. The smallest absolute Gasteiger partial charge is 0.416 e. The van der Waals surface area contributed by atoms with Crippen LogP contribution in [0.2, 0.25) is 0 Å². The minimum atomic E-state index is -4.44. The number of rotatable bonds is 8. The minimum absolute atomic E-state index is 0. The number of hydrogen-bond donors (Lipinski definition) is 3. The van der Waals surface area contributed by atoms with Crippen molar-refractivity contribution in [1.82, 2.24) is 10.6 Å². The molecule has 0 aromatic heterocycles. The zero-order valence-corrected chi connectivity index (χ0v) is 15.0. The molecule has 1 amide bonds. The van der Waals surface area contributed by atoms with Gasteiger partial charge in [-0.25, -0.2) is 0 Å². The zero-order chi connectivity index (χ0) is 18.3.